The third-order valence-corrected chi connectivity index (χ3v) is 4.32. The molecule has 6 heteroatoms. The molecule has 2 atom stereocenters. The lowest BCUT2D eigenvalue weighted by atomic mass is 9.98. The molecule has 4 nitrogen and oxygen atoms in total. The predicted octanol–water partition coefficient (Wildman–Crippen LogP) is 2.55. The van der Waals surface area contributed by atoms with Crippen molar-refractivity contribution in [2.75, 3.05) is 19.3 Å². The summed E-state index contributed by atoms with van der Waals surface area (Å²) in [5, 5.41) is 0. The molecule has 0 bridgehead atoms. The summed E-state index contributed by atoms with van der Waals surface area (Å²) < 4.78 is 29.2. The maximum atomic E-state index is 14.1. The fourth-order valence-electron chi connectivity index (χ4n) is 3.01. The molecule has 2 aromatic rings. The molecule has 3 rings (SSSR count). The Balaban J connectivity index is 2.11. The van der Waals surface area contributed by atoms with Gasteiger partial charge >= 0.3 is 0 Å². The summed E-state index contributed by atoms with van der Waals surface area (Å²) in [6.45, 7) is 3.03. The quantitative estimate of drug-likeness (QED) is 0.873. The first-order valence-corrected chi connectivity index (χ1v) is 6.80. The van der Waals surface area contributed by atoms with E-state index in [-0.39, 0.29) is 17.5 Å². The monoisotopic (exact) mass is 280 g/mol. The average Bonchev–Trinajstić information content (AvgIpc) is 2.74. The summed E-state index contributed by atoms with van der Waals surface area (Å²) in [6, 6.07) is 3.00. The minimum atomic E-state index is -0.863. The van der Waals surface area contributed by atoms with Gasteiger partial charge in [-0.25, -0.2) is 13.8 Å². The van der Waals surface area contributed by atoms with Gasteiger partial charge in [0.25, 0.3) is 0 Å². The van der Waals surface area contributed by atoms with E-state index in [2.05, 4.69) is 23.9 Å². The van der Waals surface area contributed by atoms with Crippen LogP contribution in [0.1, 0.15) is 25.8 Å². The highest BCUT2D eigenvalue weighted by Crippen LogP contribution is 2.33. The van der Waals surface area contributed by atoms with Gasteiger partial charge < -0.3 is 15.2 Å². The third kappa shape index (κ3) is 1.95. The largest absolute Gasteiger partial charge is 0.369 e. The molecule has 2 N–H and O–H groups in total. The van der Waals surface area contributed by atoms with E-state index in [9.17, 15) is 8.78 Å². The zero-order valence-electron chi connectivity index (χ0n) is 11.6. The van der Waals surface area contributed by atoms with E-state index in [1.807, 2.05) is 0 Å². The van der Waals surface area contributed by atoms with E-state index in [0.717, 1.165) is 25.5 Å². The molecule has 0 amide bonds. The summed E-state index contributed by atoms with van der Waals surface area (Å²) in [4.78, 5) is 6.41. The van der Waals surface area contributed by atoms with Crippen LogP contribution in [0.4, 0.5) is 14.7 Å². The lowest BCUT2D eigenvalue weighted by Crippen LogP contribution is -2.38. The normalized spacial score (nSPS) is 24.4. The maximum Gasteiger partial charge on any atom is 0.201 e. The lowest BCUT2D eigenvalue weighted by molar-refractivity contribution is 0.159. The van der Waals surface area contributed by atoms with Crippen molar-refractivity contribution in [2.24, 2.45) is 0 Å². The van der Waals surface area contributed by atoms with E-state index >= 15 is 0 Å². The number of benzene rings is 1. The Morgan fingerprint density at radius 3 is 2.80 bits per heavy atom. The number of nitrogens with zero attached hydrogens (tertiary/aromatic N) is 3. The third-order valence-electron chi connectivity index (χ3n) is 4.32. The second kappa shape index (κ2) is 4.70. The molecular weight excluding hydrogens is 262 g/mol. The number of aromatic nitrogens is 2. The molecule has 0 radical (unpaired) electrons. The number of nitrogens with two attached hydrogens (primary N) is 1. The van der Waals surface area contributed by atoms with Gasteiger partial charge in [0.15, 0.2) is 11.6 Å². The molecule has 0 aliphatic carbocycles. The molecule has 0 saturated carbocycles. The molecule has 1 aromatic carbocycles. The van der Waals surface area contributed by atoms with Gasteiger partial charge in [0, 0.05) is 18.6 Å². The van der Waals surface area contributed by atoms with Gasteiger partial charge in [0.2, 0.25) is 5.95 Å². The van der Waals surface area contributed by atoms with Crippen LogP contribution in [0.2, 0.25) is 0 Å². The summed E-state index contributed by atoms with van der Waals surface area (Å²) in [5.41, 5.74) is 6.53. The highest BCUT2D eigenvalue weighted by Gasteiger charge is 2.28. The van der Waals surface area contributed by atoms with Gasteiger partial charge in [-0.1, -0.05) is 0 Å². The Bertz CT molecular complexity index is 652. The maximum absolute atomic E-state index is 14.1. The van der Waals surface area contributed by atoms with Crippen molar-refractivity contribution in [3.05, 3.63) is 23.8 Å². The molecule has 20 heavy (non-hydrogen) atoms. The Kier molecular flexibility index (Phi) is 3.12. The fraction of sp³-hybridized carbons (Fsp3) is 0.500. The molecule has 108 valence electrons. The van der Waals surface area contributed by atoms with Crippen LogP contribution >= 0.6 is 0 Å². The standard InChI is InChI=1S/C14H18F2N4/c1-8-7-9(5-6-19(8)2)20-13-11(18-14(20)17)4-3-10(15)12(13)16/h3-4,8-9H,5-7H2,1-2H3,(H2,17,18). The van der Waals surface area contributed by atoms with Crippen molar-refractivity contribution in [2.45, 2.75) is 31.8 Å². The first-order valence-electron chi connectivity index (χ1n) is 6.80. The van der Waals surface area contributed by atoms with E-state index in [1.165, 1.54) is 6.07 Å². The number of hydrogen-bond donors (Lipinski definition) is 1. The van der Waals surface area contributed by atoms with Crippen LogP contribution in [-0.4, -0.2) is 34.1 Å². The highest BCUT2D eigenvalue weighted by atomic mass is 19.2. The summed E-state index contributed by atoms with van der Waals surface area (Å²) >= 11 is 0. The van der Waals surface area contributed by atoms with Crippen LogP contribution in [0.15, 0.2) is 12.1 Å². The number of hydrogen-bond acceptors (Lipinski definition) is 3. The van der Waals surface area contributed by atoms with Crippen molar-refractivity contribution < 1.29 is 8.78 Å². The van der Waals surface area contributed by atoms with E-state index in [4.69, 9.17) is 5.73 Å². The Labute approximate surface area is 116 Å². The number of likely N-dealkylation sites (tertiary alicyclic amines) is 1. The minimum absolute atomic E-state index is 0.0579. The number of fused-ring (bicyclic) bond motifs is 1. The molecule has 2 unspecified atom stereocenters. The van der Waals surface area contributed by atoms with Crippen LogP contribution in [0.5, 0.6) is 0 Å². The van der Waals surface area contributed by atoms with Crippen LogP contribution in [0.25, 0.3) is 11.0 Å². The van der Waals surface area contributed by atoms with Crippen molar-refractivity contribution in [1.82, 2.24) is 14.5 Å². The van der Waals surface area contributed by atoms with Crippen molar-refractivity contribution in [3.8, 4) is 0 Å². The second-order valence-corrected chi connectivity index (χ2v) is 5.58. The molecule has 1 aliphatic heterocycles. The first kappa shape index (κ1) is 13.3. The Hall–Kier alpha value is -1.69. The van der Waals surface area contributed by atoms with Gasteiger partial charge in [0.05, 0.1) is 5.52 Å². The molecule has 1 saturated heterocycles. The summed E-state index contributed by atoms with van der Waals surface area (Å²) in [5.74, 6) is -1.47. The van der Waals surface area contributed by atoms with Crippen LogP contribution in [0.3, 0.4) is 0 Å². The number of nitrogen functional groups attached to an aromatic ring is 1. The number of piperidine rings is 1. The Morgan fingerprint density at radius 1 is 1.35 bits per heavy atom. The predicted molar refractivity (Wildman–Crippen MR) is 74.4 cm³/mol. The van der Waals surface area contributed by atoms with Gasteiger partial charge in [-0.2, -0.15) is 0 Å². The van der Waals surface area contributed by atoms with Gasteiger partial charge in [-0.15, -0.1) is 0 Å². The van der Waals surface area contributed by atoms with Crippen LogP contribution < -0.4 is 5.73 Å². The molecule has 1 fully saturated rings. The summed E-state index contributed by atoms with van der Waals surface area (Å²) in [7, 11) is 2.07. The lowest BCUT2D eigenvalue weighted by Gasteiger charge is -2.36. The van der Waals surface area contributed by atoms with E-state index in [0.29, 0.717) is 11.6 Å². The smallest absolute Gasteiger partial charge is 0.201 e. The molecule has 1 aliphatic rings. The van der Waals surface area contributed by atoms with Crippen molar-refractivity contribution in [3.63, 3.8) is 0 Å². The number of anilines is 1. The van der Waals surface area contributed by atoms with Gasteiger partial charge in [0.1, 0.15) is 5.52 Å². The molecular formula is C14H18F2N4. The fourth-order valence-corrected chi connectivity index (χ4v) is 3.01. The Morgan fingerprint density at radius 2 is 2.10 bits per heavy atom. The second-order valence-electron chi connectivity index (χ2n) is 5.58. The SMILES string of the molecule is CC1CC(n2c(N)nc3ccc(F)c(F)c32)CCN1C. The number of imidazole rings is 1. The number of rotatable bonds is 1. The zero-order valence-corrected chi connectivity index (χ0v) is 11.6. The average molecular weight is 280 g/mol. The van der Waals surface area contributed by atoms with Gasteiger partial charge in [-0.3, -0.25) is 0 Å². The first-order chi connectivity index (χ1) is 9.49. The van der Waals surface area contributed by atoms with Crippen molar-refractivity contribution in [1.29, 1.82) is 0 Å². The van der Waals surface area contributed by atoms with Gasteiger partial charge in [-0.05, 0) is 38.9 Å². The molecule has 1 aromatic heterocycles. The van der Waals surface area contributed by atoms with Crippen LogP contribution in [0, 0.1) is 11.6 Å². The highest BCUT2D eigenvalue weighted by molar-refractivity contribution is 5.79. The van der Waals surface area contributed by atoms with Crippen LogP contribution in [-0.2, 0) is 0 Å². The van der Waals surface area contributed by atoms with Crippen molar-refractivity contribution >= 4 is 17.0 Å². The number of halogens is 2. The van der Waals surface area contributed by atoms with E-state index in [1.54, 1.807) is 4.57 Å². The minimum Gasteiger partial charge on any atom is -0.369 e. The molecule has 0 spiro atoms. The molecule has 2 heterocycles. The zero-order chi connectivity index (χ0) is 14.4. The summed E-state index contributed by atoms with van der Waals surface area (Å²) in [6.07, 6.45) is 1.70. The van der Waals surface area contributed by atoms with E-state index < -0.39 is 11.6 Å². The topological polar surface area (TPSA) is 47.1 Å².